The maximum absolute atomic E-state index is 12.8. The van der Waals surface area contributed by atoms with Gasteiger partial charge in [0.15, 0.2) is 0 Å². The standard InChI is InChI=1S/C16H19ClFN5O/c1-12-16(17)14(10-18)20-23(12)11-15(24)22-8-6-21(7-9-22)13-2-4-19-5-3-13/h2-5H,6-11H2,1H3. The van der Waals surface area contributed by atoms with Crippen molar-refractivity contribution in [3.05, 3.63) is 40.9 Å². The quantitative estimate of drug-likeness (QED) is 0.846. The van der Waals surface area contributed by atoms with Crippen molar-refractivity contribution >= 4 is 23.2 Å². The van der Waals surface area contributed by atoms with Crippen molar-refractivity contribution in [3.8, 4) is 0 Å². The van der Waals surface area contributed by atoms with Gasteiger partial charge in [-0.05, 0) is 19.1 Å². The molecule has 1 amide bonds. The molecule has 0 radical (unpaired) electrons. The second-order valence-electron chi connectivity index (χ2n) is 5.71. The molecule has 128 valence electrons. The van der Waals surface area contributed by atoms with Crippen molar-refractivity contribution < 1.29 is 9.18 Å². The number of nitrogens with zero attached hydrogens (tertiary/aromatic N) is 5. The first kappa shape index (κ1) is 16.7. The van der Waals surface area contributed by atoms with Crippen molar-refractivity contribution in [2.24, 2.45) is 0 Å². The molecule has 0 saturated carbocycles. The van der Waals surface area contributed by atoms with Gasteiger partial charge < -0.3 is 9.80 Å². The molecule has 1 aliphatic rings. The topological polar surface area (TPSA) is 54.3 Å². The van der Waals surface area contributed by atoms with E-state index in [2.05, 4.69) is 15.0 Å². The van der Waals surface area contributed by atoms with Gasteiger partial charge in [-0.3, -0.25) is 14.5 Å². The summed E-state index contributed by atoms with van der Waals surface area (Å²) in [5.41, 5.74) is 1.91. The van der Waals surface area contributed by atoms with E-state index in [0.717, 1.165) is 18.8 Å². The van der Waals surface area contributed by atoms with Gasteiger partial charge in [0.2, 0.25) is 5.91 Å². The number of anilines is 1. The van der Waals surface area contributed by atoms with E-state index in [-0.39, 0.29) is 18.1 Å². The molecule has 0 atom stereocenters. The van der Waals surface area contributed by atoms with Crippen LogP contribution in [0.3, 0.4) is 0 Å². The van der Waals surface area contributed by atoms with Crippen LogP contribution < -0.4 is 4.90 Å². The molecule has 0 bridgehead atoms. The minimum absolute atomic E-state index is 0.0305. The van der Waals surface area contributed by atoms with E-state index in [4.69, 9.17) is 11.6 Å². The predicted octanol–water partition coefficient (Wildman–Crippen LogP) is 2.06. The molecule has 0 aromatic carbocycles. The maximum atomic E-state index is 12.8. The SMILES string of the molecule is Cc1c(Cl)c(CF)nn1CC(=O)N1CCN(c2ccncc2)CC1. The van der Waals surface area contributed by atoms with E-state index in [1.807, 2.05) is 17.0 Å². The molecule has 1 saturated heterocycles. The number of amides is 1. The van der Waals surface area contributed by atoms with Crippen LogP contribution in [-0.4, -0.2) is 51.8 Å². The molecule has 3 heterocycles. The average Bonchev–Trinajstić information content (AvgIpc) is 2.90. The van der Waals surface area contributed by atoms with Crippen molar-refractivity contribution in [3.63, 3.8) is 0 Å². The summed E-state index contributed by atoms with van der Waals surface area (Å²) < 4.78 is 14.3. The van der Waals surface area contributed by atoms with Gasteiger partial charge in [-0.25, -0.2) is 4.39 Å². The zero-order valence-corrected chi connectivity index (χ0v) is 14.2. The lowest BCUT2D eigenvalue weighted by Gasteiger charge is -2.36. The van der Waals surface area contributed by atoms with Crippen LogP contribution in [0.25, 0.3) is 0 Å². The summed E-state index contributed by atoms with van der Waals surface area (Å²) in [6, 6.07) is 3.93. The number of rotatable bonds is 4. The maximum Gasteiger partial charge on any atom is 0.244 e. The summed E-state index contributed by atoms with van der Waals surface area (Å²) in [5.74, 6) is -0.0305. The predicted molar refractivity (Wildman–Crippen MR) is 89.8 cm³/mol. The molecule has 3 rings (SSSR count). The lowest BCUT2D eigenvalue weighted by Crippen LogP contribution is -2.49. The van der Waals surface area contributed by atoms with E-state index < -0.39 is 6.67 Å². The van der Waals surface area contributed by atoms with E-state index in [0.29, 0.717) is 23.8 Å². The summed E-state index contributed by atoms with van der Waals surface area (Å²) in [6.07, 6.45) is 3.53. The molecule has 8 heteroatoms. The lowest BCUT2D eigenvalue weighted by molar-refractivity contribution is -0.132. The van der Waals surface area contributed by atoms with Crippen molar-refractivity contribution in [2.75, 3.05) is 31.1 Å². The highest BCUT2D eigenvalue weighted by molar-refractivity contribution is 6.31. The number of carbonyl (C=O) groups is 1. The summed E-state index contributed by atoms with van der Waals surface area (Å²) in [6.45, 7) is 3.92. The first-order valence-corrected chi connectivity index (χ1v) is 8.18. The Morgan fingerprint density at radius 1 is 1.25 bits per heavy atom. The molecular formula is C16H19ClFN5O. The van der Waals surface area contributed by atoms with Crippen molar-refractivity contribution in [1.82, 2.24) is 19.7 Å². The zero-order valence-electron chi connectivity index (χ0n) is 13.5. The third-order valence-electron chi connectivity index (χ3n) is 4.27. The second kappa shape index (κ2) is 7.17. The molecule has 2 aromatic rings. The van der Waals surface area contributed by atoms with Gasteiger partial charge in [0, 0.05) is 44.3 Å². The number of piperazine rings is 1. The van der Waals surface area contributed by atoms with Crippen molar-refractivity contribution in [1.29, 1.82) is 0 Å². The highest BCUT2D eigenvalue weighted by Gasteiger charge is 2.23. The van der Waals surface area contributed by atoms with Crippen LogP contribution in [0.15, 0.2) is 24.5 Å². The van der Waals surface area contributed by atoms with Gasteiger partial charge in [0.25, 0.3) is 0 Å². The van der Waals surface area contributed by atoms with Crippen LogP contribution in [-0.2, 0) is 18.0 Å². The fraction of sp³-hybridized carbons (Fsp3) is 0.438. The average molecular weight is 352 g/mol. The van der Waals surface area contributed by atoms with Gasteiger partial charge in [-0.2, -0.15) is 5.10 Å². The minimum atomic E-state index is -0.731. The number of aromatic nitrogens is 3. The Balaban J connectivity index is 1.60. The van der Waals surface area contributed by atoms with Crippen molar-refractivity contribution in [2.45, 2.75) is 20.1 Å². The second-order valence-corrected chi connectivity index (χ2v) is 6.09. The normalized spacial score (nSPS) is 15.0. The molecule has 1 aliphatic heterocycles. The Morgan fingerprint density at radius 3 is 2.50 bits per heavy atom. The summed E-state index contributed by atoms with van der Waals surface area (Å²) >= 11 is 6.01. The largest absolute Gasteiger partial charge is 0.368 e. The highest BCUT2D eigenvalue weighted by atomic mass is 35.5. The molecule has 6 nitrogen and oxygen atoms in total. The van der Waals surface area contributed by atoms with Gasteiger partial charge in [0.1, 0.15) is 18.9 Å². The van der Waals surface area contributed by atoms with Gasteiger partial charge in [0.05, 0.1) is 10.7 Å². The number of hydrogen-bond donors (Lipinski definition) is 0. The van der Waals surface area contributed by atoms with E-state index >= 15 is 0 Å². The van der Waals surface area contributed by atoms with Gasteiger partial charge >= 0.3 is 0 Å². The van der Waals surface area contributed by atoms with Crippen LogP contribution in [0.5, 0.6) is 0 Å². The summed E-state index contributed by atoms with van der Waals surface area (Å²) in [4.78, 5) is 20.5. The number of hydrogen-bond acceptors (Lipinski definition) is 4. The first-order chi connectivity index (χ1) is 11.6. The Bertz CT molecular complexity index is 713. The fourth-order valence-corrected chi connectivity index (χ4v) is 3.01. The molecule has 1 fully saturated rings. The summed E-state index contributed by atoms with van der Waals surface area (Å²) in [5, 5.41) is 4.37. The first-order valence-electron chi connectivity index (χ1n) is 7.80. The van der Waals surface area contributed by atoms with E-state index in [1.165, 1.54) is 4.68 Å². The third-order valence-corrected chi connectivity index (χ3v) is 4.76. The monoisotopic (exact) mass is 351 g/mol. The molecule has 24 heavy (non-hydrogen) atoms. The lowest BCUT2D eigenvalue weighted by atomic mass is 10.2. The molecule has 2 aromatic heterocycles. The summed E-state index contributed by atoms with van der Waals surface area (Å²) in [7, 11) is 0. The molecule has 0 unspecified atom stereocenters. The fourth-order valence-electron chi connectivity index (χ4n) is 2.82. The van der Waals surface area contributed by atoms with Gasteiger partial charge in [-0.15, -0.1) is 0 Å². The third kappa shape index (κ3) is 3.36. The van der Waals surface area contributed by atoms with Crippen LogP contribution in [0, 0.1) is 6.92 Å². The number of alkyl halides is 1. The van der Waals surface area contributed by atoms with Crippen LogP contribution >= 0.6 is 11.6 Å². The van der Waals surface area contributed by atoms with Crippen LogP contribution in [0.2, 0.25) is 5.02 Å². The van der Waals surface area contributed by atoms with E-state index in [1.54, 1.807) is 19.3 Å². The Kier molecular flexibility index (Phi) is 4.99. The van der Waals surface area contributed by atoms with Gasteiger partial charge in [-0.1, -0.05) is 11.6 Å². The molecular weight excluding hydrogens is 333 g/mol. The Morgan fingerprint density at radius 2 is 1.92 bits per heavy atom. The van der Waals surface area contributed by atoms with E-state index in [9.17, 15) is 9.18 Å². The zero-order chi connectivity index (χ0) is 17.1. The molecule has 0 spiro atoms. The molecule has 0 aliphatic carbocycles. The minimum Gasteiger partial charge on any atom is -0.368 e. The number of halogens is 2. The molecule has 0 N–H and O–H groups in total. The number of carbonyl (C=O) groups excluding carboxylic acids is 1. The Labute approximate surface area is 144 Å². The Hall–Kier alpha value is -2.15. The van der Waals surface area contributed by atoms with Crippen LogP contribution in [0.4, 0.5) is 10.1 Å². The smallest absolute Gasteiger partial charge is 0.244 e. The highest BCUT2D eigenvalue weighted by Crippen LogP contribution is 2.21. The number of pyridine rings is 1. The van der Waals surface area contributed by atoms with Crippen LogP contribution in [0.1, 0.15) is 11.4 Å².